The first kappa shape index (κ1) is 16.0. The minimum atomic E-state index is -1.11. The molecular weight excluding hydrogens is 284 g/mol. The number of nitriles is 1. The zero-order chi connectivity index (χ0) is 15.9. The highest BCUT2D eigenvalue weighted by Gasteiger charge is 2.14. The van der Waals surface area contributed by atoms with Crippen molar-refractivity contribution in [1.82, 2.24) is 0 Å². The SMILES string of the molecule is CCCCCOc1ccc(-c2ccc(C#N)c(F)c2F)cc1. The molecule has 0 radical (unpaired) electrons. The van der Waals surface area contributed by atoms with Crippen LogP contribution in [0.25, 0.3) is 11.1 Å². The molecule has 0 saturated carbocycles. The molecule has 0 aromatic heterocycles. The lowest BCUT2D eigenvalue weighted by Gasteiger charge is -2.08. The first-order valence-corrected chi connectivity index (χ1v) is 7.28. The topological polar surface area (TPSA) is 33.0 Å². The molecule has 0 amide bonds. The van der Waals surface area contributed by atoms with Crippen molar-refractivity contribution in [2.45, 2.75) is 26.2 Å². The Bertz CT molecular complexity index is 675. The molecule has 0 heterocycles. The van der Waals surface area contributed by atoms with Crippen LogP contribution in [0.5, 0.6) is 5.75 Å². The summed E-state index contributed by atoms with van der Waals surface area (Å²) < 4.78 is 33.2. The lowest BCUT2D eigenvalue weighted by atomic mass is 10.0. The maximum atomic E-state index is 14.0. The van der Waals surface area contributed by atoms with E-state index in [1.54, 1.807) is 30.3 Å². The van der Waals surface area contributed by atoms with Crippen molar-refractivity contribution >= 4 is 0 Å². The summed E-state index contributed by atoms with van der Waals surface area (Å²) in [6.07, 6.45) is 3.24. The third-order valence-electron chi connectivity index (χ3n) is 3.38. The van der Waals surface area contributed by atoms with E-state index < -0.39 is 11.6 Å². The predicted molar refractivity (Wildman–Crippen MR) is 81.5 cm³/mol. The van der Waals surface area contributed by atoms with Crippen LogP contribution < -0.4 is 4.74 Å². The molecule has 4 heteroatoms. The minimum Gasteiger partial charge on any atom is -0.494 e. The third-order valence-corrected chi connectivity index (χ3v) is 3.38. The van der Waals surface area contributed by atoms with Gasteiger partial charge in [0.2, 0.25) is 0 Å². The van der Waals surface area contributed by atoms with Crippen LogP contribution in [-0.4, -0.2) is 6.61 Å². The van der Waals surface area contributed by atoms with Gasteiger partial charge < -0.3 is 4.74 Å². The molecule has 0 aliphatic carbocycles. The second-order valence-corrected chi connectivity index (χ2v) is 4.98. The molecule has 0 aliphatic heterocycles. The number of unbranched alkanes of at least 4 members (excludes halogenated alkanes) is 2. The average Bonchev–Trinajstić information content (AvgIpc) is 2.55. The van der Waals surface area contributed by atoms with Gasteiger partial charge in [-0.2, -0.15) is 5.26 Å². The van der Waals surface area contributed by atoms with Crippen LogP contribution in [0.2, 0.25) is 0 Å². The van der Waals surface area contributed by atoms with Gasteiger partial charge >= 0.3 is 0 Å². The second-order valence-electron chi connectivity index (χ2n) is 4.98. The molecule has 2 nitrogen and oxygen atoms in total. The molecule has 2 aromatic rings. The molecule has 2 rings (SSSR count). The maximum Gasteiger partial charge on any atom is 0.177 e. The van der Waals surface area contributed by atoms with E-state index in [9.17, 15) is 8.78 Å². The van der Waals surface area contributed by atoms with Crippen molar-refractivity contribution in [3.63, 3.8) is 0 Å². The fraction of sp³-hybridized carbons (Fsp3) is 0.278. The summed E-state index contributed by atoms with van der Waals surface area (Å²) in [5, 5.41) is 8.69. The van der Waals surface area contributed by atoms with Gasteiger partial charge in [0.05, 0.1) is 12.2 Å². The van der Waals surface area contributed by atoms with Crippen molar-refractivity contribution in [3.05, 3.63) is 53.6 Å². The van der Waals surface area contributed by atoms with E-state index in [2.05, 4.69) is 6.92 Å². The quantitative estimate of drug-likeness (QED) is 0.698. The fourth-order valence-electron chi connectivity index (χ4n) is 2.13. The summed E-state index contributed by atoms with van der Waals surface area (Å²) in [5.41, 5.74) is 0.382. The van der Waals surface area contributed by atoms with Gasteiger partial charge in [-0.1, -0.05) is 31.9 Å². The molecular formula is C18H17F2NO. The van der Waals surface area contributed by atoms with E-state index in [0.29, 0.717) is 17.9 Å². The fourth-order valence-corrected chi connectivity index (χ4v) is 2.13. The zero-order valence-corrected chi connectivity index (χ0v) is 12.4. The molecule has 0 N–H and O–H groups in total. The Morgan fingerprint density at radius 3 is 2.36 bits per heavy atom. The van der Waals surface area contributed by atoms with E-state index in [4.69, 9.17) is 10.00 Å². The Labute approximate surface area is 129 Å². The van der Waals surface area contributed by atoms with E-state index >= 15 is 0 Å². The summed E-state index contributed by atoms with van der Waals surface area (Å²) in [4.78, 5) is 0. The number of nitrogens with zero attached hydrogens (tertiary/aromatic N) is 1. The lowest BCUT2D eigenvalue weighted by Crippen LogP contribution is -1.97. The Balaban J connectivity index is 2.14. The smallest absolute Gasteiger partial charge is 0.177 e. The van der Waals surface area contributed by atoms with Crippen LogP contribution in [-0.2, 0) is 0 Å². The van der Waals surface area contributed by atoms with Gasteiger partial charge in [-0.3, -0.25) is 0 Å². The van der Waals surface area contributed by atoms with Crippen molar-refractivity contribution in [2.24, 2.45) is 0 Å². The summed E-state index contributed by atoms with van der Waals surface area (Å²) in [7, 11) is 0. The Hall–Kier alpha value is -2.41. The van der Waals surface area contributed by atoms with Gasteiger partial charge in [0, 0.05) is 5.56 Å². The standard InChI is InChI=1S/C18H17F2NO/c1-2-3-4-11-22-15-8-5-13(6-9-15)16-10-7-14(12-21)17(19)18(16)20/h5-10H,2-4,11H2,1H3. The molecule has 0 fully saturated rings. The molecule has 0 bridgehead atoms. The Morgan fingerprint density at radius 2 is 1.73 bits per heavy atom. The lowest BCUT2D eigenvalue weighted by molar-refractivity contribution is 0.306. The number of rotatable bonds is 6. The zero-order valence-electron chi connectivity index (χ0n) is 12.4. The van der Waals surface area contributed by atoms with Crippen molar-refractivity contribution in [3.8, 4) is 22.9 Å². The number of hydrogen-bond acceptors (Lipinski definition) is 2. The summed E-state index contributed by atoms with van der Waals surface area (Å²) >= 11 is 0. The number of benzene rings is 2. The summed E-state index contributed by atoms with van der Waals surface area (Å²) in [6.45, 7) is 2.77. The highest BCUT2D eigenvalue weighted by molar-refractivity contribution is 5.66. The third kappa shape index (κ3) is 3.62. The average molecular weight is 301 g/mol. The largest absolute Gasteiger partial charge is 0.494 e. The van der Waals surface area contributed by atoms with E-state index in [1.165, 1.54) is 12.1 Å². The molecule has 0 atom stereocenters. The molecule has 114 valence electrons. The number of halogens is 2. The van der Waals surface area contributed by atoms with Gasteiger partial charge in [-0.05, 0) is 36.2 Å². The van der Waals surface area contributed by atoms with E-state index in [1.807, 2.05) is 0 Å². The molecule has 0 spiro atoms. The highest BCUT2D eigenvalue weighted by atomic mass is 19.2. The van der Waals surface area contributed by atoms with Crippen molar-refractivity contribution < 1.29 is 13.5 Å². The predicted octanol–water partition coefficient (Wildman–Crippen LogP) is 5.07. The molecule has 2 aromatic carbocycles. The van der Waals surface area contributed by atoms with Crippen LogP contribution >= 0.6 is 0 Å². The number of ether oxygens (including phenoxy) is 1. The minimum absolute atomic E-state index is 0.133. The van der Waals surface area contributed by atoms with Crippen molar-refractivity contribution in [2.75, 3.05) is 6.61 Å². The van der Waals surface area contributed by atoms with Crippen LogP contribution in [0.15, 0.2) is 36.4 Å². The van der Waals surface area contributed by atoms with Crippen molar-refractivity contribution in [1.29, 1.82) is 5.26 Å². The van der Waals surface area contributed by atoms with Gasteiger partial charge in [-0.25, -0.2) is 8.78 Å². The van der Waals surface area contributed by atoms with Gasteiger partial charge in [0.25, 0.3) is 0 Å². The van der Waals surface area contributed by atoms with Crippen LogP contribution in [0.3, 0.4) is 0 Å². The van der Waals surface area contributed by atoms with Crippen LogP contribution in [0, 0.1) is 23.0 Å². The molecule has 0 saturated heterocycles. The summed E-state index contributed by atoms with van der Waals surface area (Å²) in [5.74, 6) is -1.41. The highest BCUT2D eigenvalue weighted by Crippen LogP contribution is 2.27. The van der Waals surface area contributed by atoms with Gasteiger partial charge in [0.15, 0.2) is 11.6 Å². The Kier molecular flexibility index (Phi) is 5.48. The second kappa shape index (κ2) is 7.56. The van der Waals surface area contributed by atoms with E-state index in [0.717, 1.165) is 19.3 Å². The summed E-state index contributed by atoms with van der Waals surface area (Å²) in [6, 6.07) is 11.1. The molecule has 0 unspecified atom stereocenters. The maximum absolute atomic E-state index is 14.0. The number of hydrogen-bond donors (Lipinski definition) is 0. The molecule has 22 heavy (non-hydrogen) atoms. The van der Waals surface area contributed by atoms with Gasteiger partial charge in [-0.15, -0.1) is 0 Å². The normalized spacial score (nSPS) is 10.3. The van der Waals surface area contributed by atoms with Gasteiger partial charge in [0.1, 0.15) is 11.8 Å². The van der Waals surface area contributed by atoms with Crippen LogP contribution in [0.1, 0.15) is 31.7 Å². The Morgan fingerprint density at radius 1 is 1.00 bits per heavy atom. The first-order chi connectivity index (χ1) is 10.7. The first-order valence-electron chi connectivity index (χ1n) is 7.28. The van der Waals surface area contributed by atoms with E-state index in [-0.39, 0.29) is 11.1 Å². The van der Waals surface area contributed by atoms with Crippen LogP contribution in [0.4, 0.5) is 8.78 Å². The monoisotopic (exact) mass is 301 g/mol. The molecule has 0 aliphatic rings.